The molecule has 0 bridgehead atoms. The van der Waals surface area contributed by atoms with E-state index in [9.17, 15) is 12.8 Å². The van der Waals surface area contributed by atoms with Crippen molar-refractivity contribution in [3.05, 3.63) is 45.5 Å². The smallest absolute Gasteiger partial charge is 0.266 e. The van der Waals surface area contributed by atoms with Crippen molar-refractivity contribution in [1.82, 2.24) is 5.32 Å². The van der Waals surface area contributed by atoms with Gasteiger partial charge in [-0.2, -0.15) is 0 Å². The first-order valence-corrected chi connectivity index (χ1v) is 8.39. The van der Waals surface area contributed by atoms with Crippen LogP contribution in [0, 0.1) is 5.82 Å². The number of rotatable bonds is 5. The Balaban J connectivity index is 2.36. The Morgan fingerprint density at radius 1 is 1.38 bits per heavy atom. The van der Waals surface area contributed by atoms with Gasteiger partial charge in [-0.15, -0.1) is 0 Å². The molecule has 0 amide bonds. The molecule has 0 spiro atoms. The van der Waals surface area contributed by atoms with Crippen molar-refractivity contribution in [3.63, 3.8) is 0 Å². The Labute approximate surface area is 134 Å². The first kappa shape index (κ1) is 16.3. The summed E-state index contributed by atoms with van der Waals surface area (Å²) in [7, 11) is -2.30. The van der Waals surface area contributed by atoms with E-state index in [1.807, 2.05) is 0 Å². The van der Waals surface area contributed by atoms with E-state index in [-0.39, 0.29) is 20.3 Å². The molecule has 2 rings (SSSR count). The van der Waals surface area contributed by atoms with Gasteiger partial charge in [0, 0.05) is 11.1 Å². The number of sulfonamides is 1. The van der Waals surface area contributed by atoms with Crippen LogP contribution in [-0.4, -0.2) is 15.5 Å². The Morgan fingerprint density at radius 3 is 2.76 bits per heavy atom. The van der Waals surface area contributed by atoms with Gasteiger partial charge >= 0.3 is 0 Å². The maximum Gasteiger partial charge on any atom is 0.266 e. The van der Waals surface area contributed by atoms with Crippen LogP contribution in [0.3, 0.4) is 0 Å². The third-order valence-corrected chi connectivity index (χ3v) is 4.98. The minimum absolute atomic E-state index is 0.0442. The minimum atomic E-state index is -4.00. The third kappa shape index (κ3) is 3.76. The third-order valence-electron chi connectivity index (χ3n) is 2.52. The summed E-state index contributed by atoms with van der Waals surface area (Å²) in [6, 6.07) is 4.95. The van der Waals surface area contributed by atoms with E-state index in [1.54, 1.807) is 7.05 Å². The maximum atomic E-state index is 13.6. The molecule has 0 aliphatic heterocycles. The number of nitrogens with one attached hydrogen (secondary N) is 2. The molecule has 114 valence electrons. The molecule has 0 fully saturated rings. The zero-order valence-electron chi connectivity index (χ0n) is 10.8. The van der Waals surface area contributed by atoms with Crippen LogP contribution in [0.5, 0.6) is 0 Å². The summed E-state index contributed by atoms with van der Waals surface area (Å²) in [6.45, 7) is 0.361. The fraction of sp³-hybridized carbons (Fsp3) is 0.167. The number of anilines is 1. The first-order chi connectivity index (χ1) is 9.83. The SMILES string of the molecule is CNCc1cc(S(=O)(=O)Nc2cc(Cl)ccc2F)c(Br)o1. The van der Waals surface area contributed by atoms with E-state index in [1.165, 1.54) is 18.2 Å². The summed E-state index contributed by atoms with van der Waals surface area (Å²) in [5.74, 6) is -0.297. The van der Waals surface area contributed by atoms with Gasteiger partial charge in [-0.3, -0.25) is 4.72 Å². The Bertz CT molecular complexity index is 764. The summed E-state index contributed by atoms with van der Waals surface area (Å²) < 4.78 is 45.6. The quantitative estimate of drug-likeness (QED) is 0.811. The van der Waals surface area contributed by atoms with Crippen molar-refractivity contribution in [2.75, 3.05) is 11.8 Å². The maximum absolute atomic E-state index is 13.6. The number of halogens is 3. The minimum Gasteiger partial charge on any atom is -0.451 e. The van der Waals surface area contributed by atoms with Crippen molar-refractivity contribution in [1.29, 1.82) is 0 Å². The fourth-order valence-corrected chi connectivity index (χ4v) is 3.85. The zero-order chi connectivity index (χ0) is 15.6. The van der Waals surface area contributed by atoms with Gasteiger partial charge in [-0.25, -0.2) is 12.8 Å². The van der Waals surface area contributed by atoms with E-state index in [4.69, 9.17) is 16.0 Å². The van der Waals surface area contributed by atoms with Crippen molar-refractivity contribution in [3.8, 4) is 0 Å². The van der Waals surface area contributed by atoms with Gasteiger partial charge in [0.1, 0.15) is 16.5 Å². The highest BCUT2D eigenvalue weighted by molar-refractivity contribution is 9.10. The number of hydrogen-bond acceptors (Lipinski definition) is 4. The highest BCUT2D eigenvalue weighted by atomic mass is 79.9. The summed E-state index contributed by atoms with van der Waals surface area (Å²) in [5.41, 5.74) is -0.231. The lowest BCUT2D eigenvalue weighted by Gasteiger charge is -2.07. The first-order valence-electron chi connectivity index (χ1n) is 5.74. The van der Waals surface area contributed by atoms with Gasteiger partial charge in [0.15, 0.2) is 4.67 Å². The standard InChI is InChI=1S/C12H11BrClFN2O3S/c1-16-6-8-5-11(12(13)20-8)21(18,19)17-10-4-7(14)2-3-9(10)15/h2-5,16-17H,6H2,1H3. The molecule has 1 heterocycles. The molecule has 9 heteroatoms. The Morgan fingerprint density at radius 2 is 2.10 bits per heavy atom. The molecular weight excluding hydrogens is 387 g/mol. The fourth-order valence-electron chi connectivity index (χ4n) is 1.62. The van der Waals surface area contributed by atoms with Gasteiger partial charge in [0.05, 0.1) is 12.2 Å². The predicted octanol–water partition coefficient (Wildman–Crippen LogP) is 3.35. The number of hydrogen-bond donors (Lipinski definition) is 2. The van der Waals surface area contributed by atoms with Crippen molar-refractivity contribution in [2.45, 2.75) is 11.4 Å². The molecule has 0 aliphatic carbocycles. The van der Waals surface area contributed by atoms with Crippen LogP contribution in [0.1, 0.15) is 5.76 Å². The highest BCUT2D eigenvalue weighted by Gasteiger charge is 2.23. The molecule has 0 aliphatic rings. The Kier molecular flexibility index (Phi) is 4.92. The lowest BCUT2D eigenvalue weighted by atomic mass is 10.3. The second-order valence-electron chi connectivity index (χ2n) is 4.11. The van der Waals surface area contributed by atoms with Crippen LogP contribution >= 0.6 is 27.5 Å². The second-order valence-corrected chi connectivity index (χ2v) is 6.92. The summed E-state index contributed by atoms with van der Waals surface area (Å²) in [6.07, 6.45) is 0. The molecule has 2 aromatic rings. The van der Waals surface area contributed by atoms with E-state index >= 15 is 0 Å². The normalized spacial score (nSPS) is 11.6. The van der Waals surface area contributed by atoms with Gasteiger partial charge in [0.25, 0.3) is 10.0 Å². The van der Waals surface area contributed by atoms with Crippen molar-refractivity contribution in [2.24, 2.45) is 0 Å². The molecular formula is C12H11BrClFN2O3S. The van der Waals surface area contributed by atoms with Crippen LogP contribution in [0.15, 0.2) is 38.2 Å². The van der Waals surface area contributed by atoms with Crippen molar-refractivity contribution >= 4 is 43.2 Å². The van der Waals surface area contributed by atoms with Gasteiger partial charge in [0.2, 0.25) is 0 Å². The lowest BCUT2D eigenvalue weighted by Crippen LogP contribution is -2.14. The summed E-state index contributed by atoms with van der Waals surface area (Å²) >= 11 is 8.77. The molecule has 0 saturated carbocycles. The summed E-state index contributed by atoms with van der Waals surface area (Å²) in [4.78, 5) is -0.118. The molecule has 0 saturated heterocycles. The largest absolute Gasteiger partial charge is 0.451 e. The molecule has 0 radical (unpaired) electrons. The molecule has 21 heavy (non-hydrogen) atoms. The van der Waals surface area contributed by atoms with E-state index in [2.05, 4.69) is 26.0 Å². The highest BCUT2D eigenvalue weighted by Crippen LogP contribution is 2.29. The topological polar surface area (TPSA) is 71.3 Å². The van der Waals surface area contributed by atoms with Crippen molar-refractivity contribution < 1.29 is 17.2 Å². The molecule has 0 unspecified atom stereocenters. The van der Waals surface area contributed by atoms with Crippen LogP contribution in [0.2, 0.25) is 5.02 Å². The number of benzene rings is 1. The zero-order valence-corrected chi connectivity index (χ0v) is 13.9. The van der Waals surface area contributed by atoms with Gasteiger partial charge in [-0.05, 0) is 41.2 Å². The van der Waals surface area contributed by atoms with Gasteiger partial charge in [-0.1, -0.05) is 11.6 Å². The number of furan rings is 1. The molecule has 1 aromatic carbocycles. The average molecular weight is 398 g/mol. The van der Waals surface area contributed by atoms with Crippen LogP contribution in [-0.2, 0) is 16.6 Å². The lowest BCUT2D eigenvalue weighted by molar-refractivity contribution is 0.470. The van der Waals surface area contributed by atoms with Crippen LogP contribution in [0.25, 0.3) is 0 Å². The Hall–Kier alpha value is -1.09. The molecule has 2 N–H and O–H groups in total. The monoisotopic (exact) mass is 396 g/mol. The van der Waals surface area contributed by atoms with E-state index in [0.29, 0.717) is 12.3 Å². The van der Waals surface area contributed by atoms with Crippen LogP contribution < -0.4 is 10.0 Å². The molecule has 0 atom stereocenters. The van der Waals surface area contributed by atoms with E-state index in [0.717, 1.165) is 6.07 Å². The van der Waals surface area contributed by atoms with E-state index < -0.39 is 15.8 Å². The second kappa shape index (κ2) is 6.35. The molecule has 1 aromatic heterocycles. The molecule has 5 nitrogen and oxygen atoms in total. The predicted molar refractivity (Wildman–Crippen MR) is 81.4 cm³/mol. The van der Waals surface area contributed by atoms with Gasteiger partial charge < -0.3 is 9.73 Å². The average Bonchev–Trinajstić information content (AvgIpc) is 2.76. The van der Waals surface area contributed by atoms with Crippen LogP contribution in [0.4, 0.5) is 10.1 Å². The summed E-state index contributed by atoms with van der Waals surface area (Å²) in [5, 5.41) is 3.05.